The first kappa shape index (κ1) is 90.7. The predicted octanol–water partition coefficient (Wildman–Crippen LogP) is 6.80. The predicted molar refractivity (Wildman–Crippen MR) is 505 cm³/mol. The smallest absolute Gasteiger partial charge is 0.263 e. The zero-order chi connectivity index (χ0) is 94.5. The molecule has 702 valence electrons. The number of anilines is 10. The van der Waals surface area contributed by atoms with Gasteiger partial charge in [-0.1, -0.05) is 6.42 Å². The van der Waals surface area contributed by atoms with Crippen molar-refractivity contribution in [2.45, 2.75) is 149 Å². The van der Waals surface area contributed by atoms with Crippen LogP contribution in [0.2, 0.25) is 0 Å². The number of aromatic nitrogens is 21. The van der Waals surface area contributed by atoms with E-state index in [0.29, 0.717) is 85.6 Å². The molecule has 0 saturated heterocycles. The van der Waals surface area contributed by atoms with Crippen LogP contribution < -0.4 is 90.2 Å². The number of pyridine rings is 4. The van der Waals surface area contributed by atoms with Gasteiger partial charge in [0.05, 0.1) is 91.6 Å². The van der Waals surface area contributed by atoms with Crippen molar-refractivity contribution in [1.29, 1.82) is 0 Å². The summed E-state index contributed by atoms with van der Waals surface area (Å²) in [6, 6.07) is 7.17. The molecule has 45 nitrogen and oxygen atoms in total. The maximum atomic E-state index is 13.1. The minimum Gasteiger partial charge on any atom is -0.494 e. The average molecular weight is 1850 g/mol. The second-order valence-corrected chi connectivity index (χ2v) is 34.2. The number of nitrogens with zero attached hydrogens (tertiary/aromatic N) is 23. The Bertz CT molecular complexity index is 7100. The van der Waals surface area contributed by atoms with E-state index in [4.69, 9.17) is 52.6 Å². The van der Waals surface area contributed by atoms with E-state index in [1.54, 1.807) is 85.1 Å². The van der Waals surface area contributed by atoms with Crippen molar-refractivity contribution < 1.29 is 42.9 Å². The Kier molecular flexibility index (Phi) is 26.3. The van der Waals surface area contributed by atoms with Gasteiger partial charge in [-0.2, -0.15) is 4.98 Å². The summed E-state index contributed by atoms with van der Waals surface area (Å²) in [7, 11) is 7.21. The van der Waals surface area contributed by atoms with Gasteiger partial charge in [-0.15, -0.1) is 25.5 Å². The summed E-state index contributed by atoms with van der Waals surface area (Å²) in [6.07, 6.45) is 35.7. The number of fused-ring (bicyclic) bond motifs is 10. The first-order valence-electron chi connectivity index (χ1n) is 44.8. The minimum absolute atomic E-state index is 0.0978. The first-order chi connectivity index (χ1) is 65.9. The SMILES string of the molecule is CC(C)Oc1ncncc1NC(=O)c1c(N)nn2cc3c(nc12)CCNC3.CN1CCc2nc3c(C(=O)Nc4cnccc4C4CC4)c(N)nn3cc2C1.COc1cc(C)ncc1NC(=O)c1c(N)nn2cc3c(nc12)CCN(C)C3.COc1ccncc1NC(=O)c1c(N)nn2cc3c(nc12)CCNC3.Nc1nn2cc3c(nc2c1C(=O)Nc1cnccc1OC1CCCCC1)CCNC3. The van der Waals surface area contributed by atoms with Gasteiger partial charge in [0.2, 0.25) is 5.88 Å². The molecular weight excluding hydrogens is 1740 g/mol. The fourth-order valence-corrected chi connectivity index (χ4v) is 17.1. The summed E-state index contributed by atoms with van der Waals surface area (Å²) >= 11 is 0. The van der Waals surface area contributed by atoms with Crippen LogP contribution in [0.15, 0.2) is 111 Å². The number of carbonyl (C=O) groups excluding carboxylic acids is 5. The summed E-state index contributed by atoms with van der Waals surface area (Å²) < 4.78 is 30.2. The van der Waals surface area contributed by atoms with Crippen LogP contribution in [0.3, 0.4) is 0 Å². The van der Waals surface area contributed by atoms with Crippen LogP contribution in [0.1, 0.15) is 184 Å². The summed E-state index contributed by atoms with van der Waals surface area (Å²) in [5, 5.41) is 45.4. The molecule has 15 aromatic heterocycles. The van der Waals surface area contributed by atoms with Crippen molar-refractivity contribution in [2.75, 3.05) is 116 Å². The molecule has 22 rings (SSSR count). The second-order valence-electron chi connectivity index (χ2n) is 34.2. The number of amides is 5. The minimum atomic E-state index is -0.438. The van der Waals surface area contributed by atoms with Crippen LogP contribution in [-0.2, 0) is 64.8 Å². The number of aryl methyl sites for hydroxylation is 1. The highest BCUT2D eigenvalue weighted by Gasteiger charge is 2.33. The molecule has 45 heteroatoms. The molecule has 0 spiro atoms. The number of nitrogens with two attached hydrogens (primary N) is 5. The van der Waals surface area contributed by atoms with Crippen molar-refractivity contribution in [2.24, 2.45) is 0 Å². The fraction of sp³-hybridized carbons (Fsp3) is 0.352. The van der Waals surface area contributed by atoms with Crippen molar-refractivity contribution in [1.82, 2.24) is 129 Å². The van der Waals surface area contributed by atoms with Crippen LogP contribution in [-0.4, -0.2) is 215 Å². The van der Waals surface area contributed by atoms with Gasteiger partial charge >= 0.3 is 0 Å². The zero-order valence-corrected chi connectivity index (χ0v) is 76.0. The van der Waals surface area contributed by atoms with E-state index < -0.39 is 17.7 Å². The number of hydrogen-bond donors (Lipinski definition) is 13. The largest absolute Gasteiger partial charge is 0.494 e. The third-order valence-electron chi connectivity index (χ3n) is 24.0. The highest BCUT2D eigenvalue weighted by Crippen LogP contribution is 2.44. The standard InChI is InChI=1S/C21H25N7O2.C19H21N7O.C18H21N7O2.C17H20N8O2.C16H17N7O2/c22-19-18(20-25-15-6-8-23-10-13(15)12-28(20)27-19)21(29)26-16-11-24-9-7-17(16)30-14-4-2-1-3-5-14;1-25-7-5-14-12(9-25)10-26-18(22-14)16(17(20)24-26)19(27)23-15-8-21-6-4-13(15)11-2-3-11;1-10-6-14(27-3)13(7-20-10)22-18(26)15-16(19)23-25-9-11-8-24(2)5-4-12(11)21-17(15)25;1-9(2)27-17-12(6-20-8-21-17)23-16(26)13-14(18)24-25-7-10-5-19-4-3-11(10)22-15(13)25;1-25-12-3-5-19-7-11(12)21-16(24)13-14(17)22-23-8-9-6-18-4-2-10(9)20-15(13)23/h7,9,11-12,14,23H,1-6,8,10H2,(H2,22,27)(H,26,29);4,6,8,10-11H,2-3,5,7,9H2,1H3,(H2,20,24)(H,23,27);6-7,9H,4-5,8H2,1-3H3,(H2,19,23)(H,22,26);6-9,19H,3-5H2,1-2H3,(H2,18,24)(H,23,26);3,5,7-8,18H,2,4,6H2,1H3,(H2,17,22)(H,21,24). The lowest BCUT2D eigenvalue weighted by Gasteiger charge is -2.24. The summed E-state index contributed by atoms with van der Waals surface area (Å²) in [4.78, 5) is 117. The normalized spacial score (nSPS) is 15.1. The molecule has 15 aromatic rings. The lowest BCUT2D eigenvalue weighted by atomic mass is 9.98. The molecule has 0 unspecified atom stereocenters. The van der Waals surface area contributed by atoms with Crippen LogP contribution in [0.4, 0.5) is 57.5 Å². The number of carbonyl (C=O) groups is 5. The maximum absolute atomic E-state index is 13.1. The number of ether oxygens (including phenoxy) is 4. The molecular formula is C91H104N36O9. The number of nitrogens with one attached hydrogen (secondary N) is 8. The maximum Gasteiger partial charge on any atom is 0.263 e. The lowest BCUT2D eigenvalue weighted by Crippen LogP contribution is -2.28. The summed E-state index contributed by atoms with van der Waals surface area (Å²) in [5.74, 6) is 1.26. The molecule has 7 aliphatic rings. The molecule has 136 heavy (non-hydrogen) atoms. The van der Waals surface area contributed by atoms with E-state index >= 15 is 0 Å². The zero-order valence-electron chi connectivity index (χ0n) is 76.0. The molecule has 5 amide bonds. The molecule has 2 fully saturated rings. The van der Waals surface area contributed by atoms with Gasteiger partial charge < -0.3 is 99.9 Å². The van der Waals surface area contributed by atoms with Gasteiger partial charge in [-0.25, -0.2) is 52.5 Å². The van der Waals surface area contributed by atoms with Crippen molar-refractivity contribution in [3.05, 3.63) is 207 Å². The van der Waals surface area contributed by atoms with E-state index in [1.165, 1.54) is 45.1 Å². The second kappa shape index (κ2) is 39.5. The Hall–Kier alpha value is -15.9. The molecule has 0 radical (unpaired) electrons. The summed E-state index contributed by atoms with van der Waals surface area (Å²) in [6.45, 7) is 13.8. The molecule has 5 aliphatic heterocycles. The number of rotatable bonds is 17. The van der Waals surface area contributed by atoms with Crippen LogP contribution in [0.25, 0.3) is 28.2 Å². The molecule has 0 aromatic carbocycles. The van der Waals surface area contributed by atoms with E-state index in [2.05, 4.69) is 142 Å². The van der Waals surface area contributed by atoms with Gasteiger partial charge in [-0.05, 0) is 90.9 Å². The Balaban J connectivity index is 0.000000113. The average Bonchev–Trinajstić information content (AvgIpc) is 1.63. The third-order valence-corrected chi connectivity index (χ3v) is 24.0. The lowest BCUT2D eigenvalue weighted by molar-refractivity contribution is 0.101. The Morgan fingerprint density at radius 2 is 0.794 bits per heavy atom. The Labute approximate surface area is 777 Å². The van der Waals surface area contributed by atoms with E-state index in [0.717, 1.165) is 196 Å². The van der Waals surface area contributed by atoms with E-state index in [9.17, 15) is 24.0 Å². The fourth-order valence-electron chi connectivity index (χ4n) is 17.1. The van der Waals surface area contributed by atoms with Gasteiger partial charge in [0.1, 0.15) is 74.1 Å². The molecule has 2 aliphatic carbocycles. The molecule has 0 atom stereocenters. The van der Waals surface area contributed by atoms with Gasteiger partial charge in [0.15, 0.2) is 57.3 Å². The molecule has 2 saturated carbocycles. The van der Waals surface area contributed by atoms with Crippen molar-refractivity contribution in [3.63, 3.8) is 0 Å². The van der Waals surface area contributed by atoms with Gasteiger partial charge in [-0.3, -0.25) is 43.9 Å². The highest BCUT2D eigenvalue weighted by molar-refractivity contribution is 6.15. The van der Waals surface area contributed by atoms with E-state index in [1.807, 2.05) is 57.8 Å². The van der Waals surface area contributed by atoms with Crippen LogP contribution in [0, 0.1) is 6.92 Å². The number of methoxy groups -OCH3 is 2. The molecule has 20 heterocycles. The van der Waals surface area contributed by atoms with Crippen LogP contribution >= 0.6 is 0 Å². The third kappa shape index (κ3) is 19.7. The first-order valence-corrected chi connectivity index (χ1v) is 44.8. The van der Waals surface area contributed by atoms with Crippen molar-refractivity contribution in [3.8, 4) is 23.1 Å². The summed E-state index contributed by atoms with van der Waals surface area (Å²) in [5.41, 5.74) is 48.5. The monoisotopic (exact) mass is 1840 g/mol. The van der Waals surface area contributed by atoms with Gasteiger partial charge in [0, 0.05) is 199 Å². The molecule has 0 bridgehead atoms. The molecule has 18 N–H and O–H groups in total. The number of hydrogen-bond acceptors (Lipinski definition) is 35. The van der Waals surface area contributed by atoms with E-state index in [-0.39, 0.29) is 75.4 Å². The van der Waals surface area contributed by atoms with Crippen LogP contribution in [0.5, 0.6) is 23.1 Å². The topological polar surface area (TPSA) is 583 Å². The van der Waals surface area contributed by atoms with Crippen molar-refractivity contribution >= 4 is 115 Å². The Morgan fingerprint density at radius 3 is 1.21 bits per heavy atom. The highest BCUT2D eigenvalue weighted by atomic mass is 16.5. The van der Waals surface area contributed by atoms with Gasteiger partial charge in [0.25, 0.3) is 29.5 Å². The Morgan fingerprint density at radius 1 is 0.426 bits per heavy atom. The number of likely N-dealkylation sites (N-methyl/N-ethyl adjacent to an activating group) is 2. The quantitative estimate of drug-likeness (QED) is 0.0445. The number of nitrogen functional groups attached to an aromatic ring is 5.